The highest BCUT2D eigenvalue weighted by Crippen LogP contribution is 2.30. The van der Waals surface area contributed by atoms with E-state index in [-0.39, 0.29) is 30.6 Å². The number of hydrogen-bond donors (Lipinski definition) is 3. The summed E-state index contributed by atoms with van der Waals surface area (Å²) in [5.74, 6) is 0.569. The van der Waals surface area contributed by atoms with Crippen LogP contribution in [0.15, 0.2) is 30.3 Å². The van der Waals surface area contributed by atoms with Gasteiger partial charge in [0.05, 0.1) is 6.04 Å². The van der Waals surface area contributed by atoms with Crippen molar-refractivity contribution < 1.29 is 14.6 Å². The van der Waals surface area contributed by atoms with Crippen molar-refractivity contribution in [3.63, 3.8) is 0 Å². The second kappa shape index (κ2) is 9.20. The third-order valence-electron chi connectivity index (χ3n) is 5.64. The topological polar surface area (TPSA) is 70.6 Å². The molecule has 3 atom stereocenters. The first-order chi connectivity index (χ1) is 12.3. The largest absolute Gasteiger partial charge is 0.396 e. The standard InChI is InChI=1S/C20H30N2O3/c23-14-17-8-4-5-9-18(17)21-20(24)22-19(15-6-2-1-3-7-15)16-10-12-25-13-11-16/h1-3,6-7,16-19,23H,4-5,8-14H2,(H2,21,22,24)/t17-,18-,19-/m1/s1. The summed E-state index contributed by atoms with van der Waals surface area (Å²) in [6, 6.07) is 10.2. The molecule has 2 aliphatic rings. The van der Waals surface area contributed by atoms with Gasteiger partial charge in [0.15, 0.2) is 0 Å². The van der Waals surface area contributed by atoms with Crippen LogP contribution in [0.4, 0.5) is 4.79 Å². The summed E-state index contributed by atoms with van der Waals surface area (Å²) in [6.07, 6.45) is 6.11. The van der Waals surface area contributed by atoms with Crippen molar-refractivity contribution in [3.8, 4) is 0 Å². The van der Waals surface area contributed by atoms with Gasteiger partial charge in [-0.1, -0.05) is 43.2 Å². The molecular formula is C20H30N2O3. The summed E-state index contributed by atoms with van der Waals surface area (Å²) in [4.78, 5) is 12.7. The van der Waals surface area contributed by atoms with Gasteiger partial charge >= 0.3 is 6.03 Å². The zero-order chi connectivity index (χ0) is 17.5. The van der Waals surface area contributed by atoms with Crippen LogP contribution in [-0.4, -0.2) is 37.0 Å². The van der Waals surface area contributed by atoms with Gasteiger partial charge in [-0.15, -0.1) is 0 Å². The van der Waals surface area contributed by atoms with Gasteiger partial charge in [-0.25, -0.2) is 4.79 Å². The highest BCUT2D eigenvalue weighted by atomic mass is 16.5. The van der Waals surface area contributed by atoms with E-state index in [1.807, 2.05) is 18.2 Å². The van der Waals surface area contributed by atoms with E-state index in [9.17, 15) is 9.90 Å². The van der Waals surface area contributed by atoms with E-state index in [2.05, 4.69) is 22.8 Å². The average Bonchev–Trinajstić information content (AvgIpc) is 2.68. The van der Waals surface area contributed by atoms with Gasteiger partial charge in [0.1, 0.15) is 0 Å². The van der Waals surface area contributed by atoms with E-state index in [1.54, 1.807) is 0 Å². The third kappa shape index (κ3) is 4.95. The zero-order valence-electron chi connectivity index (χ0n) is 14.8. The second-order valence-electron chi connectivity index (χ2n) is 7.29. The Morgan fingerprint density at radius 3 is 2.56 bits per heavy atom. The van der Waals surface area contributed by atoms with E-state index in [1.165, 1.54) is 0 Å². The summed E-state index contributed by atoms with van der Waals surface area (Å²) >= 11 is 0. The van der Waals surface area contributed by atoms with Gasteiger partial charge < -0.3 is 20.5 Å². The number of carbonyl (C=O) groups is 1. The lowest BCUT2D eigenvalue weighted by atomic mass is 9.85. The molecule has 0 unspecified atom stereocenters. The fraction of sp³-hybridized carbons (Fsp3) is 0.650. The first kappa shape index (κ1) is 18.2. The highest BCUT2D eigenvalue weighted by molar-refractivity contribution is 5.75. The van der Waals surface area contributed by atoms with E-state index in [0.717, 1.165) is 57.3 Å². The van der Waals surface area contributed by atoms with Gasteiger partial charge in [0.2, 0.25) is 0 Å². The molecule has 3 rings (SSSR count). The van der Waals surface area contributed by atoms with Crippen molar-refractivity contribution in [2.24, 2.45) is 11.8 Å². The maximum absolute atomic E-state index is 12.7. The number of rotatable bonds is 5. The quantitative estimate of drug-likeness (QED) is 0.767. The molecular weight excluding hydrogens is 316 g/mol. The molecule has 3 N–H and O–H groups in total. The summed E-state index contributed by atoms with van der Waals surface area (Å²) in [7, 11) is 0. The van der Waals surface area contributed by atoms with Crippen LogP contribution < -0.4 is 10.6 Å². The molecule has 138 valence electrons. The Morgan fingerprint density at radius 2 is 1.84 bits per heavy atom. The lowest BCUT2D eigenvalue weighted by Gasteiger charge is -2.34. The molecule has 0 aromatic heterocycles. The number of aliphatic hydroxyl groups excluding tert-OH is 1. The molecule has 5 heteroatoms. The predicted octanol–water partition coefficient (Wildman–Crippen LogP) is 3.00. The van der Waals surface area contributed by atoms with Crippen LogP contribution in [0.1, 0.15) is 50.1 Å². The molecule has 1 saturated heterocycles. The van der Waals surface area contributed by atoms with Gasteiger partial charge in [0.25, 0.3) is 0 Å². The first-order valence-corrected chi connectivity index (χ1v) is 9.58. The number of hydrogen-bond acceptors (Lipinski definition) is 3. The lowest BCUT2D eigenvalue weighted by Crippen LogP contribution is -2.49. The van der Waals surface area contributed by atoms with Gasteiger partial charge in [-0.05, 0) is 37.2 Å². The number of aliphatic hydroxyl groups is 1. The van der Waals surface area contributed by atoms with E-state index < -0.39 is 0 Å². The van der Waals surface area contributed by atoms with Gasteiger partial charge in [0, 0.05) is 31.8 Å². The minimum atomic E-state index is -0.120. The Balaban J connectivity index is 1.65. The van der Waals surface area contributed by atoms with Crippen LogP contribution in [0.25, 0.3) is 0 Å². The van der Waals surface area contributed by atoms with Crippen molar-refractivity contribution in [2.45, 2.75) is 50.6 Å². The maximum Gasteiger partial charge on any atom is 0.315 e. The number of nitrogens with one attached hydrogen (secondary N) is 2. The van der Waals surface area contributed by atoms with Crippen LogP contribution in [0, 0.1) is 11.8 Å². The molecule has 0 bridgehead atoms. The number of urea groups is 1. The van der Waals surface area contributed by atoms with Gasteiger partial charge in [-0.3, -0.25) is 0 Å². The lowest BCUT2D eigenvalue weighted by molar-refractivity contribution is 0.0545. The molecule has 2 fully saturated rings. The molecule has 1 aromatic rings. The van der Waals surface area contributed by atoms with E-state index >= 15 is 0 Å². The van der Waals surface area contributed by atoms with Crippen molar-refractivity contribution in [2.75, 3.05) is 19.8 Å². The predicted molar refractivity (Wildman–Crippen MR) is 97.2 cm³/mol. The van der Waals surface area contributed by atoms with Crippen LogP contribution in [-0.2, 0) is 4.74 Å². The summed E-state index contributed by atoms with van der Waals surface area (Å²) in [5, 5.41) is 15.9. The second-order valence-corrected chi connectivity index (χ2v) is 7.29. The van der Waals surface area contributed by atoms with Crippen LogP contribution in [0.5, 0.6) is 0 Å². The normalized spacial score (nSPS) is 26.0. The Kier molecular flexibility index (Phi) is 6.70. The fourth-order valence-electron chi connectivity index (χ4n) is 4.15. The average molecular weight is 346 g/mol. The van der Waals surface area contributed by atoms with Crippen LogP contribution in [0.2, 0.25) is 0 Å². The number of carbonyl (C=O) groups excluding carboxylic acids is 1. The molecule has 1 heterocycles. The molecule has 25 heavy (non-hydrogen) atoms. The first-order valence-electron chi connectivity index (χ1n) is 9.58. The van der Waals surface area contributed by atoms with Crippen molar-refractivity contribution in [3.05, 3.63) is 35.9 Å². The smallest absolute Gasteiger partial charge is 0.315 e. The van der Waals surface area contributed by atoms with E-state index in [4.69, 9.17) is 4.74 Å². The minimum absolute atomic E-state index is 0.00117. The number of ether oxygens (including phenoxy) is 1. The summed E-state index contributed by atoms with van der Waals surface area (Å²) in [6.45, 7) is 1.66. The monoisotopic (exact) mass is 346 g/mol. The summed E-state index contributed by atoms with van der Waals surface area (Å²) in [5.41, 5.74) is 1.15. The van der Waals surface area contributed by atoms with Crippen molar-refractivity contribution >= 4 is 6.03 Å². The Labute approximate surface area is 150 Å². The number of amides is 2. The fourth-order valence-corrected chi connectivity index (χ4v) is 4.15. The molecule has 0 radical (unpaired) electrons. The molecule has 1 saturated carbocycles. The van der Waals surface area contributed by atoms with Crippen LogP contribution in [0.3, 0.4) is 0 Å². The van der Waals surface area contributed by atoms with Crippen molar-refractivity contribution in [1.82, 2.24) is 10.6 Å². The zero-order valence-corrected chi connectivity index (χ0v) is 14.8. The van der Waals surface area contributed by atoms with Crippen LogP contribution >= 0.6 is 0 Å². The highest BCUT2D eigenvalue weighted by Gasteiger charge is 2.29. The SMILES string of the molecule is O=C(N[C@H](c1ccccc1)C1CCOCC1)N[C@@H]1CCCC[C@@H]1CO. The molecule has 5 nitrogen and oxygen atoms in total. The molecule has 1 aliphatic heterocycles. The van der Waals surface area contributed by atoms with Crippen molar-refractivity contribution in [1.29, 1.82) is 0 Å². The number of benzene rings is 1. The Hall–Kier alpha value is -1.59. The van der Waals surface area contributed by atoms with Gasteiger partial charge in [-0.2, -0.15) is 0 Å². The molecule has 2 amide bonds. The minimum Gasteiger partial charge on any atom is -0.396 e. The Bertz CT molecular complexity index is 531. The molecule has 1 aromatic carbocycles. The Morgan fingerprint density at radius 1 is 1.12 bits per heavy atom. The maximum atomic E-state index is 12.7. The van der Waals surface area contributed by atoms with E-state index in [0.29, 0.717) is 5.92 Å². The third-order valence-corrected chi connectivity index (χ3v) is 5.64. The summed E-state index contributed by atoms with van der Waals surface area (Å²) < 4.78 is 5.48. The molecule has 0 spiro atoms. The molecule has 1 aliphatic carbocycles.